The number of carbonyl (C=O) groups is 2. The fourth-order valence-corrected chi connectivity index (χ4v) is 2.64. The van der Waals surface area contributed by atoms with E-state index in [-0.39, 0.29) is 23.3 Å². The molecule has 2 amide bonds. The summed E-state index contributed by atoms with van der Waals surface area (Å²) in [5.41, 5.74) is 1.53. The molecule has 1 atom stereocenters. The lowest BCUT2D eigenvalue weighted by Crippen LogP contribution is -2.36. The summed E-state index contributed by atoms with van der Waals surface area (Å²) >= 11 is 0. The number of rotatable bonds is 8. The van der Waals surface area contributed by atoms with E-state index in [0.29, 0.717) is 38.1 Å². The third kappa shape index (κ3) is 6.86. The number of carbonyl (C=O) groups excluding carboxylic acids is 2. The molecule has 142 valence electrons. The second-order valence-corrected chi connectivity index (χ2v) is 7.92. The lowest BCUT2D eigenvalue weighted by Gasteiger charge is -2.18. The van der Waals surface area contributed by atoms with Gasteiger partial charge in [0.05, 0.1) is 0 Å². The third-order valence-corrected chi connectivity index (χ3v) is 3.90. The topological polar surface area (TPSA) is 84.2 Å². The van der Waals surface area contributed by atoms with Crippen molar-refractivity contribution in [2.24, 2.45) is 5.41 Å². The fourth-order valence-electron chi connectivity index (χ4n) is 2.64. The van der Waals surface area contributed by atoms with E-state index in [1.54, 1.807) is 0 Å². The van der Waals surface area contributed by atoms with Crippen LogP contribution in [0.3, 0.4) is 0 Å². The number of hydrogen-bond acceptors (Lipinski definition) is 4. The molecule has 0 aliphatic carbocycles. The van der Waals surface area contributed by atoms with Crippen LogP contribution in [0.5, 0.6) is 0 Å². The van der Waals surface area contributed by atoms with E-state index in [1.807, 2.05) is 52.0 Å². The van der Waals surface area contributed by atoms with Crippen LogP contribution in [-0.4, -0.2) is 29.4 Å². The van der Waals surface area contributed by atoms with Gasteiger partial charge in [-0.3, -0.25) is 9.59 Å². The Morgan fingerprint density at radius 1 is 1.19 bits per heavy atom. The van der Waals surface area contributed by atoms with Gasteiger partial charge in [0.15, 0.2) is 11.5 Å². The standard InChI is InChI=1S/C20H29N3O3/c1-14(11-12-21-18(25)13-20(2,3)4)22-17(24)9-10-19-23-15-7-5-6-8-16(15)26-19/h5-8,14H,9-13H2,1-4H3,(H,21,25)(H,22,24)/t14-/m0/s1. The molecular formula is C20H29N3O3. The number of para-hydroxylation sites is 2. The first-order chi connectivity index (χ1) is 12.2. The number of oxazole rings is 1. The summed E-state index contributed by atoms with van der Waals surface area (Å²) in [6.07, 6.45) is 1.99. The maximum Gasteiger partial charge on any atom is 0.220 e. The molecule has 1 aromatic carbocycles. The number of nitrogens with zero attached hydrogens (tertiary/aromatic N) is 1. The minimum Gasteiger partial charge on any atom is -0.441 e. The summed E-state index contributed by atoms with van der Waals surface area (Å²) in [4.78, 5) is 28.2. The lowest BCUT2D eigenvalue weighted by atomic mass is 9.92. The van der Waals surface area contributed by atoms with E-state index in [1.165, 1.54) is 0 Å². The molecule has 2 rings (SSSR count). The van der Waals surface area contributed by atoms with Gasteiger partial charge in [-0.05, 0) is 30.9 Å². The molecule has 0 saturated heterocycles. The van der Waals surface area contributed by atoms with Crippen LogP contribution in [0.4, 0.5) is 0 Å². The quantitative estimate of drug-likeness (QED) is 0.758. The van der Waals surface area contributed by atoms with Gasteiger partial charge >= 0.3 is 0 Å². The highest BCUT2D eigenvalue weighted by Crippen LogP contribution is 2.18. The lowest BCUT2D eigenvalue weighted by molar-refractivity contribution is -0.122. The molecule has 1 heterocycles. The van der Waals surface area contributed by atoms with Crippen molar-refractivity contribution in [2.45, 2.75) is 59.4 Å². The monoisotopic (exact) mass is 359 g/mol. The van der Waals surface area contributed by atoms with Crippen LogP contribution in [0.2, 0.25) is 0 Å². The SMILES string of the molecule is C[C@@H](CCNC(=O)CC(C)(C)C)NC(=O)CCc1nc2ccccc2o1. The van der Waals surface area contributed by atoms with Gasteiger partial charge in [0.25, 0.3) is 0 Å². The van der Waals surface area contributed by atoms with Crippen LogP contribution >= 0.6 is 0 Å². The molecule has 6 nitrogen and oxygen atoms in total. The highest BCUT2D eigenvalue weighted by molar-refractivity contribution is 5.77. The van der Waals surface area contributed by atoms with E-state index in [2.05, 4.69) is 15.6 Å². The Labute approximate surface area is 154 Å². The Kier molecular flexibility index (Phi) is 6.77. The van der Waals surface area contributed by atoms with Crippen molar-refractivity contribution in [1.29, 1.82) is 0 Å². The largest absolute Gasteiger partial charge is 0.441 e. The fraction of sp³-hybridized carbons (Fsp3) is 0.550. The molecule has 0 aliphatic heterocycles. The average Bonchev–Trinajstić information content (AvgIpc) is 2.94. The number of nitrogens with one attached hydrogen (secondary N) is 2. The molecule has 2 aromatic rings. The maximum atomic E-state index is 12.1. The molecule has 0 unspecified atom stereocenters. The van der Waals surface area contributed by atoms with Crippen molar-refractivity contribution in [1.82, 2.24) is 15.6 Å². The second kappa shape index (κ2) is 8.83. The molecule has 6 heteroatoms. The Hall–Kier alpha value is -2.37. The number of fused-ring (bicyclic) bond motifs is 1. The van der Waals surface area contributed by atoms with Gasteiger partial charge < -0.3 is 15.1 Å². The molecular weight excluding hydrogens is 330 g/mol. The molecule has 0 spiro atoms. The Balaban J connectivity index is 1.66. The summed E-state index contributed by atoms with van der Waals surface area (Å²) < 4.78 is 5.62. The molecule has 0 saturated carbocycles. The molecule has 1 aromatic heterocycles. The van der Waals surface area contributed by atoms with Gasteiger partial charge in [-0.1, -0.05) is 32.9 Å². The predicted octanol–water partition coefficient (Wildman–Crippen LogP) is 3.21. The molecule has 0 radical (unpaired) electrons. The molecule has 0 fully saturated rings. The summed E-state index contributed by atoms with van der Waals surface area (Å²) in [5.74, 6) is 0.580. The van der Waals surface area contributed by atoms with Gasteiger partial charge in [-0.25, -0.2) is 4.98 Å². The maximum absolute atomic E-state index is 12.1. The number of hydrogen-bond donors (Lipinski definition) is 2. The predicted molar refractivity (Wildman–Crippen MR) is 102 cm³/mol. The van der Waals surface area contributed by atoms with E-state index < -0.39 is 0 Å². The summed E-state index contributed by atoms with van der Waals surface area (Å²) in [7, 11) is 0. The van der Waals surface area contributed by atoms with Crippen LogP contribution in [0, 0.1) is 5.41 Å². The van der Waals surface area contributed by atoms with Crippen molar-refractivity contribution in [3.8, 4) is 0 Å². The first kappa shape index (κ1) is 19.9. The van der Waals surface area contributed by atoms with Gasteiger partial charge in [0.1, 0.15) is 5.52 Å². The molecule has 26 heavy (non-hydrogen) atoms. The number of aromatic nitrogens is 1. The van der Waals surface area contributed by atoms with Crippen molar-refractivity contribution in [3.05, 3.63) is 30.2 Å². The zero-order chi connectivity index (χ0) is 19.2. The van der Waals surface area contributed by atoms with Crippen molar-refractivity contribution < 1.29 is 14.0 Å². The summed E-state index contributed by atoms with van der Waals surface area (Å²) in [5, 5.41) is 5.85. The third-order valence-electron chi connectivity index (χ3n) is 3.90. The van der Waals surface area contributed by atoms with Crippen molar-refractivity contribution >= 4 is 22.9 Å². The zero-order valence-corrected chi connectivity index (χ0v) is 16.1. The molecule has 0 bridgehead atoms. The Bertz CT molecular complexity index is 713. The van der Waals surface area contributed by atoms with Gasteiger partial charge in [-0.2, -0.15) is 0 Å². The zero-order valence-electron chi connectivity index (χ0n) is 16.1. The molecule has 2 N–H and O–H groups in total. The van der Waals surface area contributed by atoms with Crippen LogP contribution in [-0.2, 0) is 16.0 Å². The van der Waals surface area contributed by atoms with Gasteiger partial charge in [-0.15, -0.1) is 0 Å². The first-order valence-electron chi connectivity index (χ1n) is 9.13. The summed E-state index contributed by atoms with van der Waals surface area (Å²) in [6.45, 7) is 8.60. The minimum atomic E-state index is -0.0409. The van der Waals surface area contributed by atoms with Crippen LogP contribution in [0.15, 0.2) is 28.7 Å². The highest BCUT2D eigenvalue weighted by atomic mass is 16.3. The van der Waals surface area contributed by atoms with E-state index in [0.717, 1.165) is 11.1 Å². The van der Waals surface area contributed by atoms with Crippen LogP contribution in [0.1, 0.15) is 52.8 Å². The second-order valence-electron chi connectivity index (χ2n) is 7.92. The Morgan fingerprint density at radius 2 is 1.92 bits per heavy atom. The smallest absolute Gasteiger partial charge is 0.220 e. The van der Waals surface area contributed by atoms with Crippen LogP contribution in [0.25, 0.3) is 11.1 Å². The van der Waals surface area contributed by atoms with Crippen LogP contribution < -0.4 is 10.6 Å². The minimum absolute atomic E-state index is 0.000990. The van der Waals surface area contributed by atoms with Crippen molar-refractivity contribution in [2.75, 3.05) is 6.54 Å². The highest BCUT2D eigenvalue weighted by Gasteiger charge is 2.16. The van der Waals surface area contributed by atoms with Crippen molar-refractivity contribution in [3.63, 3.8) is 0 Å². The Morgan fingerprint density at radius 3 is 2.62 bits per heavy atom. The van der Waals surface area contributed by atoms with Gasteiger partial charge in [0, 0.05) is 31.8 Å². The average molecular weight is 359 g/mol. The van der Waals surface area contributed by atoms with E-state index >= 15 is 0 Å². The summed E-state index contributed by atoms with van der Waals surface area (Å²) in [6, 6.07) is 7.55. The van der Waals surface area contributed by atoms with E-state index in [4.69, 9.17) is 4.42 Å². The number of benzene rings is 1. The first-order valence-corrected chi connectivity index (χ1v) is 9.13. The molecule has 0 aliphatic rings. The van der Waals surface area contributed by atoms with Gasteiger partial charge in [0.2, 0.25) is 11.8 Å². The normalized spacial score (nSPS) is 12.8. The number of aryl methyl sites for hydroxylation is 1. The number of amides is 2. The van der Waals surface area contributed by atoms with E-state index in [9.17, 15) is 9.59 Å².